The van der Waals surface area contributed by atoms with E-state index in [2.05, 4.69) is 31.8 Å². The molecule has 1 heterocycles. The monoisotopic (exact) mass is 656 g/mol. The Labute approximate surface area is 262 Å². The quantitative estimate of drug-likeness (QED) is 0.0649. The number of ketones is 2. The Morgan fingerprint density at radius 3 is 2.14 bits per heavy atom. The van der Waals surface area contributed by atoms with E-state index in [0.29, 0.717) is 34.6 Å². The van der Waals surface area contributed by atoms with Crippen molar-refractivity contribution >= 4 is 83.8 Å². The molecule has 0 atom stereocenters. The molecule has 0 aliphatic carbocycles. The standard InChI is InChI=1S/C34H29BrN2O3S2/c1-4-37-31-15-9-23(33(39)27-8-6-5-7-21(27)2)19-28(31)29-20-24(10-16-32(29)37)34(40)30(36-42-22(3)38)17-18-41-26-13-11-25(35)12-14-26/h5-16,19-20H,4,17-18H2,1-3H3. The van der Waals surface area contributed by atoms with Crippen molar-refractivity contribution in [1.82, 2.24) is 4.57 Å². The van der Waals surface area contributed by atoms with Gasteiger partial charge in [-0.2, -0.15) is 0 Å². The fraction of sp³-hybridized carbons (Fsp3) is 0.176. The average Bonchev–Trinajstić information content (AvgIpc) is 3.31. The third-order valence-corrected chi connectivity index (χ3v) is 9.17. The van der Waals surface area contributed by atoms with Gasteiger partial charge in [-0.3, -0.25) is 14.4 Å². The third-order valence-electron chi connectivity index (χ3n) is 7.06. The van der Waals surface area contributed by atoms with Crippen LogP contribution in [0.2, 0.25) is 0 Å². The molecule has 0 saturated carbocycles. The first kappa shape index (κ1) is 30.0. The Bertz CT molecular complexity index is 1860. The van der Waals surface area contributed by atoms with E-state index in [0.717, 1.165) is 55.2 Å². The maximum Gasteiger partial charge on any atom is 0.207 e. The molecule has 5 rings (SSSR count). The summed E-state index contributed by atoms with van der Waals surface area (Å²) >= 11 is 5.89. The van der Waals surface area contributed by atoms with Gasteiger partial charge in [0.1, 0.15) is 0 Å². The van der Waals surface area contributed by atoms with Gasteiger partial charge in [0, 0.05) is 85.5 Å². The summed E-state index contributed by atoms with van der Waals surface area (Å²) in [6.07, 6.45) is 0.420. The highest BCUT2D eigenvalue weighted by atomic mass is 79.9. The summed E-state index contributed by atoms with van der Waals surface area (Å²) in [6, 6.07) is 27.1. The number of carbonyl (C=O) groups excluding carboxylic acids is 3. The smallest absolute Gasteiger partial charge is 0.207 e. The molecule has 4 aromatic carbocycles. The highest BCUT2D eigenvalue weighted by molar-refractivity contribution is 9.10. The predicted octanol–water partition coefficient (Wildman–Crippen LogP) is 9.12. The second-order valence-electron chi connectivity index (χ2n) is 9.85. The number of nitrogens with zero attached hydrogens (tertiary/aromatic N) is 2. The Morgan fingerprint density at radius 2 is 1.50 bits per heavy atom. The molecular formula is C34H29BrN2O3S2. The van der Waals surface area contributed by atoms with Crippen LogP contribution in [0.4, 0.5) is 0 Å². The van der Waals surface area contributed by atoms with E-state index in [1.54, 1.807) is 11.8 Å². The first-order valence-electron chi connectivity index (χ1n) is 13.6. The second kappa shape index (κ2) is 13.2. The molecule has 0 unspecified atom stereocenters. The van der Waals surface area contributed by atoms with Gasteiger partial charge in [-0.05, 0) is 80.1 Å². The molecule has 42 heavy (non-hydrogen) atoms. The number of Topliss-reactive ketones (excluding diaryl/α,β-unsaturated/α-hetero) is 1. The second-order valence-corrected chi connectivity index (χ2v) is 12.9. The SMILES string of the molecule is CCn1c2ccc(C(=O)C(CCSc3ccc(Br)cc3)=NSC(C)=O)cc2c2cc(C(=O)c3ccccc3C)ccc21. The van der Waals surface area contributed by atoms with Gasteiger partial charge in [0.15, 0.2) is 5.78 Å². The topological polar surface area (TPSA) is 68.5 Å². The van der Waals surface area contributed by atoms with Crippen molar-refractivity contribution < 1.29 is 14.4 Å². The van der Waals surface area contributed by atoms with Crippen molar-refractivity contribution in [2.45, 2.75) is 38.6 Å². The van der Waals surface area contributed by atoms with Gasteiger partial charge in [-0.15, -0.1) is 11.8 Å². The molecular weight excluding hydrogens is 628 g/mol. The molecule has 5 nitrogen and oxygen atoms in total. The van der Waals surface area contributed by atoms with Gasteiger partial charge in [-0.1, -0.05) is 40.2 Å². The number of benzene rings is 4. The van der Waals surface area contributed by atoms with Crippen LogP contribution in [0.3, 0.4) is 0 Å². The minimum atomic E-state index is -0.202. The lowest BCUT2D eigenvalue weighted by atomic mass is 9.97. The highest BCUT2D eigenvalue weighted by Crippen LogP contribution is 2.32. The summed E-state index contributed by atoms with van der Waals surface area (Å²) in [4.78, 5) is 40.0. The maximum absolute atomic E-state index is 13.8. The molecule has 0 aliphatic rings. The van der Waals surface area contributed by atoms with Crippen LogP contribution in [0, 0.1) is 6.92 Å². The number of thioether (sulfide) groups is 1. The fourth-order valence-corrected chi connectivity index (χ4v) is 6.53. The first-order chi connectivity index (χ1) is 20.3. The van der Waals surface area contributed by atoms with Crippen LogP contribution in [0.1, 0.15) is 52.1 Å². The average molecular weight is 658 g/mol. The van der Waals surface area contributed by atoms with Crippen LogP contribution in [0.15, 0.2) is 98.7 Å². The largest absolute Gasteiger partial charge is 0.341 e. The number of fused-ring (bicyclic) bond motifs is 3. The number of rotatable bonds is 10. The van der Waals surface area contributed by atoms with Crippen LogP contribution in [-0.2, 0) is 11.3 Å². The molecule has 0 amide bonds. The molecule has 1 aromatic heterocycles. The first-order valence-corrected chi connectivity index (χ1v) is 16.2. The third kappa shape index (κ3) is 6.46. The van der Waals surface area contributed by atoms with Crippen molar-refractivity contribution in [3.05, 3.63) is 112 Å². The number of aryl methyl sites for hydroxylation is 2. The predicted molar refractivity (Wildman–Crippen MR) is 179 cm³/mol. The Kier molecular flexibility index (Phi) is 9.46. The van der Waals surface area contributed by atoms with E-state index in [4.69, 9.17) is 0 Å². The molecule has 0 N–H and O–H groups in total. The molecule has 212 valence electrons. The van der Waals surface area contributed by atoms with E-state index >= 15 is 0 Å². The van der Waals surface area contributed by atoms with Gasteiger partial charge < -0.3 is 4.57 Å². The summed E-state index contributed by atoms with van der Waals surface area (Å²) in [6.45, 7) is 6.20. The van der Waals surface area contributed by atoms with Crippen molar-refractivity contribution in [2.75, 3.05) is 5.75 Å². The van der Waals surface area contributed by atoms with Crippen LogP contribution in [0.25, 0.3) is 21.8 Å². The summed E-state index contributed by atoms with van der Waals surface area (Å²) in [5, 5.41) is 1.65. The summed E-state index contributed by atoms with van der Waals surface area (Å²) in [7, 11) is 0. The van der Waals surface area contributed by atoms with Gasteiger partial charge >= 0.3 is 0 Å². The summed E-state index contributed by atoms with van der Waals surface area (Å²) in [5.74, 6) is 0.414. The molecule has 0 fully saturated rings. The molecule has 0 bridgehead atoms. The minimum absolute atomic E-state index is 0.0291. The summed E-state index contributed by atoms with van der Waals surface area (Å²) in [5.41, 5.74) is 5.07. The molecule has 0 radical (unpaired) electrons. The minimum Gasteiger partial charge on any atom is -0.341 e. The van der Waals surface area contributed by atoms with Crippen LogP contribution in [-0.4, -0.2) is 32.7 Å². The van der Waals surface area contributed by atoms with Crippen LogP contribution in [0.5, 0.6) is 0 Å². The fourth-order valence-electron chi connectivity index (χ4n) is 4.99. The zero-order chi connectivity index (χ0) is 29.8. The van der Waals surface area contributed by atoms with Gasteiger partial charge in [-0.25, -0.2) is 4.40 Å². The van der Waals surface area contributed by atoms with E-state index in [9.17, 15) is 14.4 Å². The molecule has 5 aromatic rings. The maximum atomic E-state index is 13.8. The molecule has 8 heteroatoms. The highest BCUT2D eigenvalue weighted by Gasteiger charge is 2.19. The van der Waals surface area contributed by atoms with Crippen molar-refractivity contribution in [1.29, 1.82) is 0 Å². The van der Waals surface area contributed by atoms with E-state index in [1.807, 2.05) is 91.9 Å². The number of aromatic nitrogens is 1. The Balaban J connectivity index is 1.50. The van der Waals surface area contributed by atoms with Crippen molar-refractivity contribution in [3.63, 3.8) is 0 Å². The van der Waals surface area contributed by atoms with Crippen molar-refractivity contribution in [2.24, 2.45) is 4.40 Å². The number of hydrogen-bond donors (Lipinski definition) is 0. The van der Waals surface area contributed by atoms with Gasteiger partial charge in [0.2, 0.25) is 10.9 Å². The lowest BCUT2D eigenvalue weighted by molar-refractivity contribution is -0.109. The van der Waals surface area contributed by atoms with E-state index in [1.165, 1.54) is 6.92 Å². The summed E-state index contributed by atoms with van der Waals surface area (Å²) < 4.78 is 7.55. The molecule has 0 aliphatic heterocycles. The molecule has 0 saturated heterocycles. The zero-order valence-electron chi connectivity index (χ0n) is 23.5. The lowest BCUT2D eigenvalue weighted by Crippen LogP contribution is -2.15. The number of carbonyl (C=O) groups is 3. The normalized spacial score (nSPS) is 11.8. The van der Waals surface area contributed by atoms with Crippen LogP contribution < -0.4 is 0 Å². The van der Waals surface area contributed by atoms with E-state index in [-0.39, 0.29) is 16.7 Å². The van der Waals surface area contributed by atoms with Gasteiger partial charge in [0.05, 0.1) is 5.71 Å². The Morgan fingerprint density at radius 1 is 0.857 bits per heavy atom. The number of hydrogen-bond acceptors (Lipinski definition) is 6. The van der Waals surface area contributed by atoms with Crippen LogP contribution >= 0.6 is 39.6 Å². The Hall–Kier alpha value is -3.46. The molecule has 0 spiro atoms. The lowest BCUT2D eigenvalue weighted by Gasteiger charge is -2.07. The zero-order valence-corrected chi connectivity index (χ0v) is 26.7. The van der Waals surface area contributed by atoms with E-state index < -0.39 is 0 Å². The van der Waals surface area contributed by atoms with Crippen molar-refractivity contribution in [3.8, 4) is 0 Å². The van der Waals surface area contributed by atoms with Gasteiger partial charge in [0.25, 0.3) is 0 Å². The number of halogens is 1.